The van der Waals surface area contributed by atoms with Crippen molar-refractivity contribution in [1.29, 1.82) is 0 Å². The van der Waals surface area contributed by atoms with Crippen molar-refractivity contribution in [2.24, 2.45) is 5.92 Å². The Morgan fingerprint density at radius 1 is 1.27 bits per heavy atom. The van der Waals surface area contributed by atoms with Gasteiger partial charge in [-0.05, 0) is 37.0 Å². The van der Waals surface area contributed by atoms with Gasteiger partial charge in [0.1, 0.15) is 0 Å². The van der Waals surface area contributed by atoms with Crippen molar-refractivity contribution < 1.29 is 9.59 Å². The van der Waals surface area contributed by atoms with E-state index in [-0.39, 0.29) is 17.7 Å². The van der Waals surface area contributed by atoms with Crippen LogP contribution in [0.5, 0.6) is 0 Å². The zero-order valence-electron chi connectivity index (χ0n) is 15.1. The SMILES string of the molecule is Cc1cccc(CCCNC(=O)C2CC(=O)N(Cc3cccnc3)C2)c1. The number of nitrogens with one attached hydrogen (secondary N) is 1. The van der Waals surface area contributed by atoms with Gasteiger partial charge in [0.05, 0.1) is 5.92 Å². The molecule has 3 rings (SSSR count). The van der Waals surface area contributed by atoms with Crippen LogP contribution in [0, 0.1) is 12.8 Å². The van der Waals surface area contributed by atoms with Crippen molar-refractivity contribution in [3.63, 3.8) is 0 Å². The molecule has 0 spiro atoms. The maximum Gasteiger partial charge on any atom is 0.225 e. The minimum atomic E-state index is -0.252. The Labute approximate surface area is 154 Å². The maximum atomic E-state index is 12.4. The smallest absolute Gasteiger partial charge is 0.225 e. The fourth-order valence-electron chi connectivity index (χ4n) is 3.33. The lowest BCUT2D eigenvalue weighted by molar-refractivity contribution is -0.129. The zero-order chi connectivity index (χ0) is 18.4. The summed E-state index contributed by atoms with van der Waals surface area (Å²) in [4.78, 5) is 30.3. The van der Waals surface area contributed by atoms with Gasteiger partial charge in [0.15, 0.2) is 0 Å². The zero-order valence-corrected chi connectivity index (χ0v) is 15.1. The number of carbonyl (C=O) groups is 2. The highest BCUT2D eigenvalue weighted by Crippen LogP contribution is 2.20. The van der Waals surface area contributed by atoms with Gasteiger partial charge < -0.3 is 10.2 Å². The molecule has 0 aliphatic carbocycles. The number of amides is 2. The van der Waals surface area contributed by atoms with Gasteiger partial charge in [-0.3, -0.25) is 14.6 Å². The highest BCUT2D eigenvalue weighted by Gasteiger charge is 2.33. The van der Waals surface area contributed by atoms with Gasteiger partial charge in [-0.25, -0.2) is 0 Å². The molecule has 1 saturated heterocycles. The molecule has 2 aromatic rings. The summed E-state index contributed by atoms with van der Waals surface area (Å²) in [5.41, 5.74) is 3.53. The molecule has 1 fully saturated rings. The van der Waals surface area contributed by atoms with E-state index in [9.17, 15) is 9.59 Å². The summed E-state index contributed by atoms with van der Waals surface area (Å²) in [5.74, 6) is -0.233. The number of aromatic nitrogens is 1. The number of aryl methyl sites for hydroxylation is 2. The number of rotatable bonds is 7. The molecule has 26 heavy (non-hydrogen) atoms. The lowest BCUT2D eigenvalue weighted by Crippen LogP contribution is -2.33. The molecule has 0 saturated carbocycles. The summed E-state index contributed by atoms with van der Waals surface area (Å²) < 4.78 is 0. The van der Waals surface area contributed by atoms with Crippen LogP contribution in [0.25, 0.3) is 0 Å². The summed E-state index contributed by atoms with van der Waals surface area (Å²) >= 11 is 0. The molecule has 1 atom stereocenters. The second kappa shape index (κ2) is 8.61. The van der Waals surface area contributed by atoms with Gasteiger partial charge in [0.2, 0.25) is 11.8 Å². The van der Waals surface area contributed by atoms with E-state index < -0.39 is 0 Å². The quantitative estimate of drug-likeness (QED) is 0.780. The standard InChI is InChI=1S/C21H25N3O2/c1-16-5-2-6-17(11-16)7-4-10-23-21(26)19-12-20(25)24(15-19)14-18-8-3-9-22-13-18/h2-3,5-6,8-9,11,13,19H,4,7,10,12,14-15H2,1H3,(H,23,26). The Morgan fingerprint density at radius 2 is 2.12 bits per heavy atom. The minimum Gasteiger partial charge on any atom is -0.356 e. The average Bonchev–Trinajstić information content (AvgIpc) is 3.00. The fraction of sp³-hybridized carbons (Fsp3) is 0.381. The molecule has 0 bridgehead atoms. The van der Waals surface area contributed by atoms with Crippen molar-refractivity contribution in [2.45, 2.75) is 32.7 Å². The Balaban J connectivity index is 1.41. The number of hydrogen-bond acceptors (Lipinski definition) is 3. The first-order valence-corrected chi connectivity index (χ1v) is 9.12. The minimum absolute atomic E-state index is 0.0173. The molecule has 136 valence electrons. The Bertz CT molecular complexity index is 761. The fourth-order valence-corrected chi connectivity index (χ4v) is 3.33. The average molecular weight is 351 g/mol. The Morgan fingerprint density at radius 3 is 2.88 bits per heavy atom. The summed E-state index contributed by atoms with van der Waals surface area (Å²) in [7, 11) is 0. The Kier molecular flexibility index (Phi) is 6.00. The molecule has 2 amide bonds. The lowest BCUT2D eigenvalue weighted by atomic mass is 10.1. The third kappa shape index (κ3) is 4.91. The molecule has 1 aromatic heterocycles. The van der Waals surface area contributed by atoms with E-state index in [1.165, 1.54) is 11.1 Å². The molecule has 0 radical (unpaired) electrons. The largest absolute Gasteiger partial charge is 0.356 e. The second-order valence-corrected chi connectivity index (χ2v) is 6.92. The van der Waals surface area contributed by atoms with Crippen molar-refractivity contribution >= 4 is 11.8 Å². The third-order valence-corrected chi connectivity index (χ3v) is 4.71. The summed E-state index contributed by atoms with van der Waals surface area (Å²) in [6, 6.07) is 12.2. The summed E-state index contributed by atoms with van der Waals surface area (Å²) in [5, 5.41) is 2.98. The van der Waals surface area contributed by atoms with Crippen molar-refractivity contribution in [3.05, 3.63) is 65.5 Å². The monoisotopic (exact) mass is 351 g/mol. The van der Waals surface area contributed by atoms with Gasteiger partial charge >= 0.3 is 0 Å². The number of benzene rings is 1. The first-order valence-electron chi connectivity index (χ1n) is 9.12. The highest BCUT2D eigenvalue weighted by atomic mass is 16.2. The van der Waals surface area contributed by atoms with Crippen LogP contribution in [-0.2, 0) is 22.6 Å². The molecule has 1 aliphatic rings. The van der Waals surface area contributed by atoms with Gasteiger partial charge in [0, 0.05) is 38.4 Å². The first-order chi connectivity index (χ1) is 12.6. The number of pyridine rings is 1. The predicted molar refractivity (Wildman–Crippen MR) is 100 cm³/mol. The van der Waals surface area contributed by atoms with E-state index in [0.29, 0.717) is 26.1 Å². The van der Waals surface area contributed by atoms with E-state index >= 15 is 0 Å². The Hall–Kier alpha value is -2.69. The number of nitrogens with zero attached hydrogens (tertiary/aromatic N) is 2. The first kappa shape index (κ1) is 18.1. The molecule has 1 N–H and O–H groups in total. The van der Waals surface area contributed by atoms with Crippen LogP contribution in [0.15, 0.2) is 48.8 Å². The molecule has 5 heteroatoms. The topological polar surface area (TPSA) is 62.3 Å². The molecule has 5 nitrogen and oxygen atoms in total. The normalized spacial score (nSPS) is 16.7. The molecule has 1 aliphatic heterocycles. The molecule has 1 aromatic carbocycles. The molecule has 2 heterocycles. The van der Waals surface area contributed by atoms with Crippen LogP contribution in [0.4, 0.5) is 0 Å². The van der Waals surface area contributed by atoms with Crippen molar-refractivity contribution in [1.82, 2.24) is 15.2 Å². The van der Waals surface area contributed by atoms with Crippen molar-refractivity contribution in [2.75, 3.05) is 13.1 Å². The third-order valence-electron chi connectivity index (χ3n) is 4.71. The van der Waals surface area contributed by atoms with Crippen LogP contribution in [-0.4, -0.2) is 34.8 Å². The van der Waals surface area contributed by atoms with Gasteiger partial charge in [0.25, 0.3) is 0 Å². The van der Waals surface area contributed by atoms with E-state index in [0.717, 1.165) is 18.4 Å². The van der Waals surface area contributed by atoms with E-state index in [2.05, 4.69) is 41.5 Å². The van der Waals surface area contributed by atoms with Crippen LogP contribution < -0.4 is 5.32 Å². The second-order valence-electron chi connectivity index (χ2n) is 6.92. The molecular weight excluding hydrogens is 326 g/mol. The van der Waals surface area contributed by atoms with E-state index in [4.69, 9.17) is 0 Å². The van der Waals surface area contributed by atoms with Crippen LogP contribution in [0.3, 0.4) is 0 Å². The van der Waals surface area contributed by atoms with Crippen LogP contribution in [0.1, 0.15) is 29.5 Å². The number of carbonyl (C=O) groups excluding carboxylic acids is 2. The number of likely N-dealkylation sites (tertiary alicyclic amines) is 1. The van der Waals surface area contributed by atoms with Crippen LogP contribution in [0.2, 0.25) is 0 Å². The van der Waals surface area contributed by atoms with Crippen LogP contribution >= 0.6 is 0 Å². The van der Waals surface area contributed by atoms with Gasteiger partial charge in [-0.2, -0.15) is 0 Å². The summed E-state index contributed by atoms with van der Waals surface area (Å²) in [6.45, 7) is 3.72. The lowest BCUT2D eigenvalue weighted by Gasteiger charge is -2.16. The van der Waals surface area contributed by atoms with E-state index in [1.54, 1.807) is 17.3 Å². The van der Waals surface area contributed by atoms with Crippen molar-refractivity contribution in [3.8, 4) is 0 Å². The molecular formula is C21H25N3O2. The highest BCUT2D eigenvalue weighted by molar-refractivity contribution is 5.89. The van der Waals surface area contributed by atoms with Gasteiger partial charge in [-0.15, -0.1) is 0 Å². The predicted octanol–water partition coefficient (Wildman–Crippen LogP) is 2.49. The number of hydrogen-bond donors (Lipinski definition) is 1. The molecule has 1 unspecified atom stereocenters. The van der Waals surface area contributed by atoms with E-state index in [1.807, 2.05) is 12.1 Å². The maximum absolute atomic E-state index is 12.4. The summed E-state index contributed by atoms with van der Waals surface area (Å²) in [6.07, 6.45) is 5.60. The van der Waals surface area contributed by atoms with Gasteiger partial charge in [-0.1, -0.05) is 35.9 Å².